The summed E-state index contributed by atoms with van der Waals surface area (Å²) in [4.78, 5) is 4.70. The predicted molar refractivity (Wildman–Crippen MR) is 116 cm³/mol. The summed E-state index contributed by atoms with van der Waals surface area (Å²) >= 11 is 2.06. The van der Waals surface area contributed by atoms with E-state index in [1.54, 1.807) is 0 Å². The van der Waals surface area contributed by atoms with E-state index in [9.17, 15) is 0 Å². The zero-order chi connectivity index (χ0) is 16.3. The molecule has 2 N–H and O–H groups in total. The van der Waals surface area contributed by atoms with Crippen LogP contribution >= 0.6 is 35.7 Å². The van der Waals surface area contributed by atoms with Gasteiger partial charge in [-0.2, -0.15) is 11.8 Å². The van der Waals surface area contributed by atoms with E-state index in [0.717, 1.165) is 43.1 Å². The van der Waals surface area contributed by atoms with Crippen molar-refractivity contribution in [3.63, 3.8) is 0 Å². The predicted octanol–water partition coefficient (Wildman–Crippen LogP) is 4.04. The second kappa shape index (κ2) is 12.7. The Morgan fingerprint density at radius 1 is 1.33 bits per heavy atom. The smallest absolute Gasteiger partial charge is 0.191 e. The fourth-order valence-electron chi connectivity index (χ4n) is 2.48. The lowest BCUT2D eigenvalue weighted by Crippen LogP contribution is -2.40. The van der Waals surface area contributed by atoms with Crippen LogP contribution in [0.25, 0.3) is 0 Å². The SMILES string of the molecule is CCCOc1cccc(CN=C(NCC)NCC2CCCS2)c1.I. The summed E-state index contributed by atoms with van der Waals surface area (Å²) in [6.45, 7) is 7.51. The first-order valence-electron chi connectivity index (χ1n) is 8.67. The molecular weight excluding hydrogens is 433 g/mol. The van der Waals surface area contributed by atoms with Gasteiger partial charge in [0.15, 0.2) is 5.96 Å². The zero-order valence-corrected chi connectivity index (χ0v) is 17.9. The van der Waals surface area contributed by atoms with Crippen molar-refractivity contribution in [1.82, 2.24) is 10.6 Å². The van der Waals surface area contributed by atoms with Gasteiger partial charge in [-0.15, -0.1) is 24.0 Å². The minimum Gasteiger partial charge on any atom is -0.494 e. The summed E-state index contributed by atoms with van der Waals surface area (Å²) < 4.78 is 5.68. The first kappa shape index (κ1) is 21.4. The van der Waals surface area contributed by atoms with Gasteiger partial charge in [0.25, 0.3) is 0 Å². The van der Waals surface area contributed by atoms with E-state index >= 15 is 0 Å². The number of nitrogens with one attached hydrogen (secondary N) is 2. The molecule has 0 aliphatic carbocycles. The third-order valence-corrected chi connectivity index (χ3v) is 5.05. The van der Waals surface area contributed by atoms with Gasteiger partial charge >= 0.3 is 0 Å². The number of benzene rings is 1. The number of nitrogens with zero attached hydrogens (tertiary/aromatic N) is 1. The van der Waals surface area contributed by atoms with Crippen LogP contribution in [0, 0.1) is 0 Å². The van der Waals surface area contributed by atoms with Crippen LogP contribution in [-0.4, -0.2) is 36.7 Å². The highest BCUT2D eigenvalue weighted by molar-refractivity contribution is 14.0. The van der Waals surface area contributed by atoms with Crippen LogP contribution < -0.4 is 15.4 Å². The lowest BCUT2D eigenvalue weighted by Gasteiger charge is -2.14. The Morgan fingerprint density at radius 3 is 2.92 bits per heavy atom. The normalized spacial score (nSPS) is 17.2. The van der Waals surface area contributed by atoms with E-state index < -0.39 is 0 Å². The highest BCUT2D eigenvalue weighted by Crippen LogP contribution is 2.25. The molecule has 0 radical (unpaired) electrons. The van der Waals surface area contributed by atoms with Gasteiger partial charge in [-0.3, -0.25) is 0 Å². The van der Waals surface area contributed by atoms with Crippen molar-refractivity contribution in [3.05, 3.63) is 29.8 Å². The van der Waals surface area contributed by atoms with Crippen LogP contribution in [0.3, 0.4) is 0 Å². The van der Waals surface area contributed by atoms with Crippen molar-refractivity contribution in [1.29, 1.82) is 0 Å². The fraction of sp³-hybridized carbons (Fsp3) is 0.611. The second-order valence-electron chi connectivity index (χ2n) is 5.71. The Bertz CT molecular complexity index is 493. The highest BCUT2D eigenvalue weighted by atomic mass is 127. The summed E-state index contributed by atoms with van der Waals surface area (Å²) in [6.07, 6.45) is 3.68. The summed E-state index contributed by atoms with van der Waals surface area (Å²) in [5, 5.41) is 7.52. The zero-order valence-electron chi connectivity index (χ0n) is 14.7. The van der Waals surface area contributed by atoms with Gasteiger partial charge in [-0.25, -0.2) is 4.99 Å². The largest absolute Gasteiger partial charge is 0.494 e. The van der Waals surface area contributed by atoms with Crippen LogP contribution in [-0.2, 0) is 6.54 Å². The van der Waals surface area contributed by atoms with E-state index in [-0.39, 0.29) is 24.0 Å². The standard InChI is InChI=1S/C18H29N3OS.HI/c1-3-10-22-16-8-5-7-15(12-16)13-20-18(19-4-2)21-14-17-9-6-11-23-17;/h5,7-8,12,17H,3-4,6,9-11,13-14H2,1-2H3,(H2,19,20,21);1H. The monoisotopic (exact) mass is 463 g/mol. The lowest BCUT2D eigenvalue weighted by molar-refractivity contribution is 0.317. The van der Waals surface area contributed by atoms with Crippen LogP contribution in [0.2, 0.25) is 0 Å². The summed E-state index contributed by atoms with van der Waals surface area (Å²) in [5.41, 5.74) is 1.17. The van der Waals surface area contributed by atoms with Crippen molar-refractivity contribution in [2.24, 2.45) is 4.99 Å². The molecule has 1 aromatic rings. The molecule has 1 aliphatic rings. The molecule has 1 fully saturated rings. The van der Waals surface area contributed by atoms with Crippen molar-refractivity contribution < 1.29 is 4.74 Å². The number of rotatable bonds is 8. The number of thioether (sulfide) groups is 1. The molecule has 1 aliphatic heterocycles. The molecule has 24 heavy (non-hydrogen) atoms. The van der Waals surface area contributed by atoms with E-state index in [0.29, 0.717) is 6.54 Å². The maximum Gasteiger partial charge on any atom is 0.191 e. The quantitative estimate of drug-likeness (QED) is 0.347. The van der Waals surface area contributed by atoms with Gasteiger partial charge in [0, 0.05) is 18.3 Å². The molecule has 6 heteroatoms. The minimum absolute atomic E-state index is 0. The number of hydrogen-bond donors (Lipinski definition) is 2. The van der Waals surface area contributed by atoms with Crippen LogP contribution in [0.4, 0.5) is 0 Å². The molecule has 0 saturated carbocycles. The summed E-state index contributed by atoms with van der Waals surface area (Å²) in [7, 11) is 0. The lowest BCUT2D eigenvalue weighted by atomic mass is 10.2. The van der Waals surface area contributed by atoms with Crippen molar-refractivity contribution in [2.75, 3.05) is 25.4 Å². The third kappa shape index (κ3) is 7.96. The molecule has 1 unspecified atom stereocenters. The molecule has 1 heterocycles. The molecule has 4 nitrogen and oxygen atoms in total. The highest BCUT2D eigenvalue weighted by Gasteiger charge is 2.15. The molecule has 1 atom stereocenters. The average molecular weight is 463 g/mol. The van der Waals surface area contributed by atoms with Crippen LogP contribution in [0.15, 0.2) is 29.3 Å². The molecule has 0 spiro atoms. The van der Waals surface area contributed by atoms with Gasteiger partial charge in [0.1, 0.15) is 5.75 Å². The molecule has 0 aromatic heterocycles. The Balaban J connectivity index is 0.00000288. The number of ether oxygens (including phenoxy) is 1. The first-order chi connectivity index (χ1) is 11.3. The van der Waals surface area contributed by atoms with Crippen molar-refractivity contribution in [2.45, 2.75) is 44.9 Å². The number of hydrogen-bond acceptors (Lipinski definition) is 3. The first-order valence-corrected chi connectivity index (χ1v) is 9.72. The number of aliphatic imine (C=N–C) groups is 1. The van der Waals surface area contributed by atoms with Gasteiger partial charge in [0.05, 0.1) is 13.2 Å². The molecular formula is C18H30IN3OS. The van der Waals surface area contributed by atoms with Crippen molar-refractivity contribution >= 4 is 41.7 Å². The number of halogens is 1. The minimum atomic E-state index is 0. The second-order valence-corrected chi connectivity index (χ2v) is 7.12. The van der Waals surface area contributed by atoms with E-state index in [2.05, 4.69) is 48.4 Å². The summed E-state index contributed by atoms with van der Waals surface area (Å²) in [6, 6.07) is 8.21. The Hall–Kier alpha value is -0.630. The van der Waals surface area contributed by atoms with Gasteiger partial charge in [-0.05, 0) is 49.6 Å². The Morgan fingerprint density at radius 2 is 2.21 bits per heavy atom. The van der Waals surface area contributed by atoms with E-state index in [1.165, 1.54) is 24.2 Å². The third-order valence-electron chi connectivity index (χ3n) is 3.66. The van der Waals surface area contributed by atoms with E-state index in [1.807, 2.05) is 12.1 Å². The number of guanidine groups is 1. The van der Waals surface area contributed by atoms with Crippen molar-refractivity contribution in [3.8, 4) is 5.75 Å². The molecule has 1 saturated heterocycles. The Labute approximate surface area is 167 Å². The van der Waals surface area contributed by atoms with Crippen LogP contribution in [0.5, 0.6) is 5.75 Å². The topological polar surface area (TPSA) is 45.6 Å². The van der Waals surface area contributed by atoms with Gasteiger partial charge in [0.2, 0.25) is 0 Å². The Kier molecular flexibility index (Phi) is 11.3. The van der Waals surface area contributed by atoms with E-state index in [4.69, 9.17) is 9.73 Å². The maximum absolute atomic E-state index is 5.68. The molecule has 136 valence electrons. The average Bonchev–Trinajstić information content (AvgIpc) is 3.09. The summed E-state index contributed by atoms with van der Waals surface area (Å²) in [5.74, 6) is 3.13. The maximum atomic E-state index is 5.68. The van der Waals surface area contributed by atoms with Crippen LogP contribution in [0.1, 0.15) is 38.7 Å². The van der Waals surface area contributed by atoms with Gasteiger partial charge < -0.3 is 15.4 Å². The molecule has 0 bridgehead atoms. The van der Waals surface area contributed by atoms with Gasteiger partial charge in [-0.1, -0.05) is 19.1 Å². The molecule has 1 aromatic carbocycles. The fourth-order valence-corrected chi connectivity index (χ4v) is 3.68. The molecule has 2 rings (SSSR count). The molecule has 0 amide bonds.